The Bertz CT molecular complexity index is 473. The largest absolute Gasteiger partial charge is 0.399 e. The van der Waals surface area contributed by atoms with Gasteiger partial charge in [0.15, 0.2) is 0 Å². The first-order valence-corrected chi connectivity index (χ1v) is 7.21. The van der Waals surface area contributed by atoms with Gasteiger partial charge in [0.05, 0.1) is 12.2 Å². The molecular formula is C16H27N3O2. The molecule has 118 valence electrons. The normalized spacial score (nSPS) is 10.8. The van der Waals surface area contributed by atoms with Crippen molar-refractivity contribution in [1.82, 2.24) is 4.90 Å². The Kier molecular flexibility index (Phi) is 6.49. The van der Waals surface area contributed by atoms with Crippen LogP contribution in [0.2, 0.25) is 0 Å². The van der Waals surface area contributed by atoms with Crippen LogP contribution in [0.4, 0.5) is 11.4 Å². The first-order chi connectivity index (χ1) is 9.86. The Hall–Kier alpha value is -1.75. The van der Waals surface area contributed by atoms with Gasteiger partial charge in [0.1, 0.15) is 0 Å². The van der Waals surface area contributed by atoms with Crippen molar-refractivity contribution in [2.75, 3.05) is 51.5 Å². The van der Waals surface area contributed by atoms with E-state index >= 15 is 0 Å². The lowest BCUT2D eigenvalue weighted by molar-refractivity contribution is 0.0673. The predicted octanol–water partition coefficient (Wildman–Crippen LogP) is 2.08. The highest BCUT2D eigenvalue weighted by molar-refractivity contribution is 6.00. The summed E-state index contributed by atoms with van der Waals surface area (Å²) in [5.41, 5.74) is 7.96. The number of benzene rings is 1. The highest BCUT2D eigenvalue weighted by Gasteiger charge is 2.20. The molecule has 1 rings (SSSR count). The van der Waals surface area contributed by atoms with Crippen molar-refractivity contribution in [2.45, 2.75) is 13.8 Å². The van der Waals surface area contributed by atoms with Crippen molar-refractivity contribution in [3.63, 3.8) is 0 Å². The fourth-order valence-electron chi connectivity index (χ4n) is 2.20. The van der Waals surface area contributed by atoms with E-state index < -0.39 is 0 Å². The molecule has 0 aliphatic heterocycles. The van der Waals surface area contributed by atoms with Crippen LogP contribution in [-0.2, 0) is 4.74 Å². The summed E-state index contributed by atoms with van der Waals surface area (Å²) in [6.45, 7) is 6.00. The third-order valence-corrected chi connectivity index (χ3v) is 3.17. The molecule has 0 heterocycles. The van der Waals surface area contributed by atoms with Crippen molar-refractivity contribution in [1.29, 1.82) is 0 Å². The van der Waals surface area contributed by atoms with Gasteiger partial charge in [-0.2, -0.15) is 0 Å². The zero-order valence-electron chi connectivity index (χ0n) is 13.7. The van der Waals surface area contributed by atoms with E-state index in [0.29, 0.717) is 36.9 Å². The smallest absolute Gasteiger partial charge is 0.256 e. The molecule has 0 fully saturated rings. The molecular weight excluding hydrogens is 266 g/mol. The molecule has 0 radical (unpaired) electrons. The molecule has 0 atom stereocenters. The van der Waals surface area contributed by atoms with Gasteiger partial charge < -0.3 is 20.3 Å². The highest BCUT2D eigenvalue weighted by atomic mass is 16.5. The molecule has 0 unspecified atom stereocenters. The Balaban J connectivity index is 3.09. The van der Waals surface area contributed by atoms with Crippen molar-refractivity contribution in [3.05, 3.63) is 23.8 Å². The molecule has 1 amide bonds. The predicted molar refractivity (Wildman–Crippen MR) is 87.8 cm³/mol. The van der Waals surface area contributed by atoms with Crippen LogP contribution in [0.5, 0.6) is 0 Å². The topological polar surface area (TPSA) is 58.8 Å². The number of anilines is 2. The van der Waals surface area contributed by atoms with Crippen molar-refractivity contribution < 1.29 is 9.53 Å². The molecule has 5 nitrogen and oxygen atoms in total. The Labute approximate surface area is 127 Å². The third-order valence-electron chi connectivity index (χ3n) is 3.17. The average molecular weight is 293 g/mol. The summed E-state index contributed by atoms with van der Waals surface area (Å²) < 4.78 is 5.11. The van der Waals surface area contributed by atoms with Crippen LogP contribution in [0.1, 0.15) is 24.2 Å². The lowest BCUT2D eigenvalue weighted by Gasteiger charge is -2.27. The second-order valence-electron chi connectivity index (χ2n) is 5.81. The van der Waals surface area contributed by atoms with Crippen LogP contribution < -0.4 is 10.6 Å². The average Bonchev–Trinajstić information content (AvgIpc) is 2.41. The van der Waals surface area contributed by atoms with Gasteiger partial charge in [0, 0.05) is 45.7 Å². The molecule has 5 heteroatoms. The standard InChI is InChI=1S/C16H27N3O2/c1-12(2)11-19(8-9-21-5)16(20)14-10-13(17)6-7-15(14)18(3)4/h6-7,10,12H,8-9,11,17H2,1-5H3. The zero-order valence-corrected chi connectivity index (χ0v) is 13.7. The van der Waals surface area contributed by atoms with Crippen molar-refractivity contribution in [2.24, 2.45) is 5.92 Å². The van der Waals surface area contributed by atoms with E-state index in [1.165, 1.54) is 0 Å². The fourth-order valence-corrected chi connectivity index (χ4v) is 2.20. The summed E-state index contributed by atoms with van der Waals surface area (Å²) in [5, 5.41) is 0. The van der Waals surface area contributed by atoms with Crippen LogP contribution in [0.3, 0.4) is 0 Å². The molecule has 0 aromatic heterocycles. The monoisotopic (exact) mass is 293 g/mol. The van der Waals surface area contributed by atoms with Gasteiger partial charge in [-0.05, 0) is 24.1 Å². The quantitative estimate of drug-likeness (QED) is 0.782. The van der Waals surface area contributed by atoms with Gasteiger partial charge in [-0.15, -0.1) is 0 Å². The summed E-state index contributed by atoms with van der Waals surface area (Å²) in [6, 6.07) is 5.44. The van der Waals surface area contributed by atoms with E-state index in [9.17, 15) is 4.79 Å². The number of nitrogens with zero attached hydrogens (tertiary/aromatic N) is 2. The molecule has 1 aromatic carbocycles. The van der Waals surface area contributed by atoms with Gasteiger partial charge in [0.2, 0.25) is 0 Å². The van der Waals surface area contributed by atoms with Crippen LogP contribution >= 0.6 is 0 Å². The van der Waals surface area contributed by atoms with E-state index in [1.54, 1.807) is 13.2 Å². The molecule has 21 heavy (non-hydrogen) atoms. The SMILES string of the molecule is COCCN(CC(C)C)C(=O)c1cc(N)ccc1N(C)C. The van der Waals surface area contributed by atoms with Gasteiger partial charge in [-0.1, -0.05) is 13.8 Å². The number of nitrogen functional groups attached to an aromatic ring is 1. The van der Waals surface area contributed by atoms with Crippen molar-refractivity contribution >= 4 is 17.3 Å². The molecule has 0 bridgehead atoms. The highest BCUT2D eigenvalue weighted by Crippen LogP contribution is 2.23. The summed E-state index contributed by atoms with van der Waals surface area (Å²) in [5.74, 6) is 0.395. The lowest BCUT2D eigenvalue weighted by Crippen LogP contribution is -2.37. The van der Waals surface area contributed by atoms with Gasteiger partial charge in [0.25, 0.3) is 5.91 Å². The van der Waals surface area contributed by atoms with E-state index in [4.69, 9.17) is 10.5 Å². The summed E-state index contributed by atoms with van der Waals surface area (Å²) in [6.07, 6.45) is 0. The molecule has 2 N–H and O–H groups in total. The fraction of sp³-hybridized carbons (Fsp3) is 0.562. The Morgan fingerprint density at radius 1 is 1.33 bits per heavy atom. The Morgan fingerprint density at radius 2 is 2.00 bits per heavy atom. The van der Waals surface area contributed by atoms with Crippen LogP contribution in [0.15, 0.2) is 18.2 Å². The maximum Gasteiger partial charge on any atom is 0.256 e. The summed E-state index contributed by atoms with van der Waals surface area (Å²) in [4.78, 5) is 16.6. The second-order valence-corrected chi connectivity index (χ2v) is 5.81. The minimum Gasteiger partial charge on any atom is -0.399 e. The van der Waals surface area contributed by atoms with Gasteiger partial charge in [-0.25, -0.2) is 0 Å². The minimum absolute atomic E-state index is 0.00301. The summed E-state index contributed by atoms with van der Waals surface area (Å²) in [7, 11) is 5.48. The van der Waals surface area contributed by atoms with Gasteiger partial charge >= 0.3 is 0 Å². The number of rotatable bonds is 7. The number of carbonyl (C=O) groups excluding carboxylic acids is 1. The molecule has 0 spiro atoms. The number of hydrogen-bond donors (Lipinski definition) is 1. The summed E-state index contributed by atoms with van der Waals surface area (Å²) >= 11 is 0. The molecule has 0 saturated heterocycles. The van der Waals surface area contributed by atoms with Gasteiger partial charge in [-0.3, -0.25) is 4.79 Å². The maximum atomic E-state index is 12.9. The Morgan fingerprint density at radius 3 is 2.52 bits per heavy atom. The molecule has 0 aliphatic rings. The number of hydrogen-bond acceptors (Lipinski definition) is 4. The third kappa shape index (κ3) is 4.93. The first kappa shape index (κ1) is 17.3. The number of carbonyl (C=O) groups is 1. The van der Waals surface area contributed by atoms with E-state index in [2.05, 4.69) is 13.8 Å². The number of ether oxygens (including phenoxy) is 1. The number of nitrogens with two attached hydrogens (primary N) is 1. The van der Waals surface area contributed by atoms with Crippen LogP contribution in [0.25, 0.3) is 0 Å². The van der Waals surface area contributed by atoms with Crippen LogP contribution in [0, 0.1) is 5.92 Å². The lowest BCUT2D eigenvalue weighted by atomic mass is 10.1. The maximum absolute atomic E-state index is 12.9. The number of amides is 1. The minimum atomic E-state index is -0.00301. The van der Waals surface area contributed by atoms with E-state index in [1.807, 2.05) is 36.0 Å². The van der Waals surface area contributed by atoms with Crippen molar-refractivity contribution in [3.8, 4) is 0 Å². The van der Waals surface area contributed by atoms with E-state index in [0.717, 1.165) is 5.69 Å². The molecule has 1 aromatic rings. The first-order valence-electron chi connectivity index (χ1n) is 7.21. The number of methoxy groups -OCH3 is 1. The molecule has 0 saturated carbocycles. The second kappa shape index (κ2) is 7.88. The van der Waals surface area contributed by atoms with E-state index in [-0.39, 0.29) is 5.91 Å². The molecule has 0 aliphatic carbocycles. The zero-order chi connectivity index (χ0) is 16.0. The van der Waals surface area contributed by atoms with Crippen LogP contribution in [-0.4, -0.2) is 51.7 Å².